The number of ketones is 1. The van der Waals surface area contributed by atoms with Crippen molar-refractivity contribution >= 4 is 35.4 Å². The summed E-state index contributed by atoms with van der Waals surface area (Å²) >= 11 is 0. The zero-order valence-electron chi connectivity index (χ0n) is 26.3. The Kier molecular flexibility index (Phi) is 9.41. The highest BCUT2D eigenvalue weighted by molar-refractivity contribution is 6.36. The van der Waals surface area contributed by atoms with Crippen LogP contribution in [0, 0.1) is 22.7 Å². The van der Waals surface area contributed by atoms with Crippen molar-refractivity contribution in [2.75, 3.05) is 13.1 Å². The number of carbonyl (C=O) groups excluding carboxylic acids is 6. The van der Waals surface area contributed by atoms with E-state index in [0.717, 1.165) is 24.8 Å². The fourth-order valence-electron chi connectivity index (χ4n) is 6.88. The summed E-state index contributed by atoms with van der Waals surface area (Å²) in [5.41, 5.74) is 3.93. The Bertz CT molecular complexity index is 1300. The number of likely N-dealkylation sites (tertiary alicyclic amines) is 1. The van der Waals surface area contributed by atoms with Crippen molar-refractivity contribution in [1.82, 2.24) is 26.2 Å². The Balaban J connectivity index is 1.49. The van der Waals surface area contributed by atoms with Crippen LogP contribution in [0.3, 0.4) is 0 Å². The molecule has 1 aromatic carbocycles. The van der Waals surface area contributed by atoms with Crippen LogP contribution in [0.15, 0.2) is 30.3 Å². The molecule has 0 spiro atoms. The molecule has 0 radical (unpaired) electrons. The second-order valence-corrected chi connectivity index (χ2v) is 14.1. The molecule has 3 aliphatic rings. The Hall–Kier alpha value is -3.96. The molecule has 1 aromatic rings. The second-order valence-electron chi connectivity index (χ2n) is 14.1. The standard InChI is InChI=1S/C32H46N6O6/c1-30(2,3)24(27(42)38-18-20-22(31(20,4)5)23(38)26(41)34-17-21(39)25(33)40)36-29(44)37-32(14-10-7-11-15-32)28(43)35-16-19-12-8-6-9-13-19/h6,8-9,12-13,20,22-24H,7,10-11,14-18H2,1-5H3,(H2,33,40)(H,34,41)(H,35,43)(H2,36,37,44)/t20-,22-,23-,24+/m0/s1. The number of nitrogens with two attached hydrogens (primary N) is 1. The highest BCUT2D eigenvalue weighted by atomic mass is 16.2. The molecule has 12 nitrogen and oxygen atoms in total. The van der Waals surface area contributed by atoms with Gasteiger partial charge in [-0.1, -0.05) is 84.2 Å². The van der Waals surface area contributed by atoms with Gasteiger partial charge in [0.2, 0.25) is 23.5 Å². The molecule has 1 heterocycles. The number of Topliss-reactive ketones (excluding diaryl/α,β-unsaturated/α-hetero) is 1. The average Bonchev–Trinajstić information content (AvgIpc) is 3.28. The van der Waals surface area contributed by atoms with Gasteiger partial charge in [0.25, 0.3) is 5.91 Å². The first kappa shape index (κ1) is 32.9. The average molecular weight is 611 g/mol. The number of amides is 6. The minimum atomic E-state index is -1.15. The second kappa shape index (κ2) is 12.6. The number of fused-ring (bicyclic) bond motifs is 1. The van der Waals surface area contributed by atoms with Crippen LogP contribution in [0.25, 0.3) is 0 Å². The highest BCUT2D eigenvalue weighted by Gasteiger charge is 2.69. The van der Waals surface area contributed by atoms with Crippen LogP contribution < -0.4 is 27.0 Å². The van der Waals surface area contributed by atoms with Crippen LogP contribution in [-0.2, 0) is 30.5 Å². The topological polar surface area (TPSA) is 180 Å². The van der Waals surface area contributed by atoms with Gasteiger partial charge in [-0.25, -0.2) is 4.79 Å². The van der Waals surface area contributed by atoms with Crippen LogP contribution >= 0.6 is 0 Å². The summed E-state index contributed by atoms with van der Waals surface area (Å²) in [5, 5.41) is 11.2. The lowest BCUT2D eigenvalue weighted by Gasteiger charge is -2.40. The number of nitrogens with zero attached hydrogens (tertiary/aromatic N) is 1. The van der Waals surface area contributed by atoms with Crippen molar-refractivity contribution < 1.29 is 28.8 Å². The van der Waals surface area contributed by atoms with Gasteiger partial charge in [0.1, 0.15) is 17.6 Å². The monoisotopic (exact) mass is 610 g/mol. The number of benzene rings is 1. The summed E-state index contributed by atoms with van der Waals surface area (Å²) in [6, 6.07) is 7.01. The number of piperidine rings is 1. The van der Waals surface area contributed by atoms with Crippen molar-refractivity contribution in [2.24, 2.45) is 28.4 Å². The molecule has 1 saturated heterocycles. The molecule has 4 atom stereocenters. The largest absolute Gasteiger partial charge is 0.363 e. The lowest BCUT2D eigenvalue weighted by Crippen LogP contribution is -2.65. The van der Waals surface area contributed by atoms with Crippen LogP contribution in [0.1, 0.15) is 72.3 Å². The van der Waals surface area contributed by atoms with E-state index in [1.165, 1.54) is 4.90 Å². The summed E-state index contributed by atoms with van der Waals surface area (Å²) in [6.45, 7) is 9.61. The van der Waals surface area contributed by atoms with E-state index in [9.17, 15) is 28.8 Å². The van der Waals surface area contributed by atoms with E-state index in [1.807, 2.05) is 65.0 Å². The number of primary amides is 1. The first-order valence-electron chi connectivity index (χ1n) is 15.4. The van der Waals surface area contributed by atoms with Crippen LogP contribution in [0.4, 0.5) is 4.79 Å². The van der Waals surface area contributed by atoms with E-state index in [-0.39, 0.29) is 23.2 Å². The van der Waals surface area contributed by atoms with E-state index in [4.69, 9.17) is 5.73 Å². The van der Waals surface area contributed by atoms with Gasteiger partial charge >= 0.3 is 6.03 Å². The quantitative estimate of drug-likeness (QED) is 0.250. The maximum absolute atomic E-state index is 14.1. The molecular formula is C32H46N6O6. The summed E-state index contributed by atoms with van der Waals surface area (Å²) in [4.78, 5) is 78.9. The molecule has 3 fully saturated rings. The fraction of sp³-hybridized carbons (Fsp3) is 0.625. The summed E-state index contributed by atoms with van der Waals surface area (Å²) in [5.74, 6) is -3.38. The minimum Gasteiger partial charge on any atom is -0.363 e. The molecule has 1 aliphatic heterocycles. The zero-order chi connectivity index (χ0) is 32.4. The Morgan fingerprint density at radius 1 is 0.977 bits per heavy atom. The van der Waals surface area contributed by atoms with Crippen molar-refractivity contribution in [3.05, 3.63) is 35.9 Å². The maximum Gasteiger partial charge on any atom is 0.316 e. The van der Waals surface area contributed by atoms with Crippen molar-refractivity contribution in [3.63, 3.8) is 0 Å². The SMILES string of the molecule is CC(C)(C)[C@H](NC(=O)NC1(C(=O)NCc2ccccc2)CCCCC1)C(=O)N1C[C@H]2[C@@H]([C@H]1C(=O)NCC(=O)C(N)=O)C2(C)C. The third-order valence-electron chi connectivity index (χ3n) is 9.64. The molecule has 4 rings (SSSR count). The molecule has 2 aliphatic carbocycles. The Morgan fingerprint density at radius 3 is 2.20 bits per heavy atom. The highest BCUT2D eigenvalue weighted by Crippen LogP contribution is 2.65. The van der Waals surface area contributed by atoms with Gasteiger partial charge in [-0.3, -0.25) is 24.0 Å². The molecule has 2 saturated carbocycles. The smallest absolute Gasteiger partial charge is 0.316 e. The van der Waals surface area contributed by atoms with Gasteiger partial charge in [0.05, 0.1) is 6.54 Å². The van der Waals surface area contributed by atoms with Crippen LogP contribution in [0.5, 0.6) is 0 Å². The zero-order valence-corrected chi connectivity index (χ0v) is 26.3. The number of hydrogen-bond acceptors (Lipinski definition) is 6. The van der Waals surface area contributed by atoms with Crippen molar-refractivity contribution in [3.8, 4) is 0 Å². The lowest BCUT2D eigenvalue weighted by atomic mass is 9.80. The van der Waals surface area contributed by atoms with Crippen LogP contribution in [-0.4, -0.2) is 71.1 Å². The molecule has 0 bridgehead atoms. The molecule has 0 aromatic heterocycles. The fourth-order valence-corrected chi connectivity index (χ4v) is 6.88. The van der Waals surface area contributed by atoms with Crippen LogP contribution in [0.2, 0.25) is 0 Å². The molecule has 6 N–H and O–H groups in total. The third-order valence-corrected chi connectivity index (χ3v) is 9.64. The van der Waals surface area contributed by atoms with Gasteiger partial charge in [-0.2, -0.15) is 0 Å². The van der Waals surface area contributed by atoms with E-state index in [0.29, 0.717) is 25.9 Å². The molecule has 0 unspecified atom stereocenters. The number of carbonyl (C=O) groups is 6. The van der Waals surface area contributed by atoms with E-state index in [1.54, 1.807) is 0 Å². The van der Waals surface area contributed by atoms with Gasteiger partial charge in [-0.05, 0) is 41.1 Å². The van der Waals surface area contributed by atoms with E-state index < -0.39 is 59.1 Å². The summed E-state index contributed by atoms with van der Waals surface area (Å²) < 4.78 is 0. The Morgan fingerprint density at radius 2 is 1.61 bits per heavy atom. The number of nitrogens with one attached hydrogen (secondary N) is 4. The summed E-state index contributed by atoms with van der Waals surface area (Å²) in [7, 11) is 0. The van der Waals surface area contributed by atoms with Crippen molar-refractivity contribution in [1.29, 1.82) is 0 Å². The van der Waals surface area contributed by atoms with E-state index in [2.05, 4.69) is 21.3 Å². The van der Waals surface area contributed by atoms with Gasteiger partial charge < -0.3 is 31.9 Å². The molecule has 240 valence electrons. The first-order chi connectivity index (χ1) is 20.6. The molecule has 44 heavy (non-hydrogen) atoms. The number of urea groups is 1. The number of rotatable bonds is 10. The number of hydrogen-bond donors (Lipinski definition) is 5. The first-order valence-corrected chi connectivity index (χ1v) is 15.4. The lowest BCUT2D eigenvalue weighted by molar-refractivity contribution is -0.144. The molecular weight excluding hydrogens is 564 g/mol. The van der Waals surface area contributed by atoms with E-state index >= 15 is 0 Å². The van der Waals surface area contributed by atoms with Crippen molar-refractivity contribution in [2.45, 2.75) is 90.9 Å². The van der Waals surface area contributed by atoms with Gasteiger partial charge in [0.15, 0.2) is 0 Å². The predicted octanol–water partition coefficient (Wildman–Crippen LogP) is 1.37. The predicted molar refractivity (Wildman–Crippen MR) is 162 cm³/mol. The minimum absolute atomic E-state index is 0.0716. The third kappa shape index (κ3) is 6.89. The summed E-state index contributed by atoms with van der Waals surface area (Å²) in [6.07, 6.45) is 3.48. The van der Waals surface area contributed by atoms with Gasteiger partial charge in [0, 0.05) is 13.1 Å². The molecule has 6 amide bonds. The normalized spacial score (nSPS) is 23.8. The van der Waals surface area contributed by atoms with Gasteiger partial charge in [-0.15, -0.1) is 0 Å². The molecule has 12 heteroatoms. The maximum atomic E-state index is 14.1. The Labute approximate surface area is 258 Å².